The molecule has 12 nitrogen and oxygen atoms in total. The summed E-state index contributed by atoms with van der Waals surface area (Å²) in [7, 11) is -4.60. The first-order chi connectivity index (χ1) is 29.9. The molecule has 2 fully saturated rings. The number of carbonyl (C=O) groups excluding carboxylic acids is 2. The second kappa shape index (κ2) is 25.3. The van der Waals surface area contributed by atoms with Crippen LogP contribution < -0.4 is 13.9 Å². The number of ether oxygens (including phenoxy) is 2. The van der Waals surface area contributed by atoms with Crippen LogP contribution in [0.4, 0.5) is 28.9 Å². The number of likely N-dealkylation sites (tertiary alicyclic amines) is 1. The van der Waals surface area contributed by atoms with Gasteiger partial charge in [0.1, 0.15) is 0 Å². The first kappa shape index (κ1) is 53.9. The first-order valence-electron chi connectivity index (χ1n) is 20.1. The fraction of sp³-hybridized carbons (Fsp3) is 0.409. The van der Waals surface area contributed by atoms with Gasteiger partial charge in [-0.25, -0.2) is 44.0 Å². The van der Waals surface area contributed by atoms with Gasteiger partial charge in [0, 0.05) is 31.8 Å². The first-order valence-corrected chi connectivity index (χ1v) is 23.8. The summed E-state index contributed by atoms with van der Waals surface area (Å²) < 4.78 is 114. The van der Waals surface area contributed by atoms with Crippen molar-refractivity contribution < 1.29 is 53.5 Å². The lowest BCUT2D eigenvalue weighted by Crippen LogP contribution is -2.34. The molecule has 2 heterocycles. The Labute approximate surface area is 384 Å². The van der Waals surface area contributed by atoms with Gasteiger partial charge in [-0.05, 0) is 79.0 Å². The van der Waals surface area contributed by atoms with Crippen molar-refractivity contribution >= 4 is 67.4 Å². The molecule has 0 saturated carbocycles. The van der Waals surface area contributed by atoms with E-state index in [2.05, 4.69) is 14.8 Å². The number of anilines is 2. The SMILES string of the molecule is COC(=O)c1ccc(CN(c2ccccc2)S(=O)(=O)CCCCl)cc1.COC(=O)c1ccc(CN(c2ccccc2)S(=O)(=O)CCCN2CCC(F)(F)C2)cc1.Cl.FC1(F)CCNC1. The third-order valence-corrected chi connectivity index (χ3v) is 13.8. The van der Waals surface area contributed by atoms with Crippen molar-refractivity contribution in [3.63, 3.8) is 0 Å². The Bertz CT molecular complexity index is 2260. The zero-order valence-corrected chi connectivity index (χ0v) is 38.7. The number of para-hydroxylation sites is 2. The highest BCUT2D eigenvalue weighted by atomic mass is 35.5. The standard InChI is InChI=1S/C22H26F2N2O4S.C18H20ClNO4S.C4H7F2N.ClH/c1-30-21(27)19-10-8-18(9-11-19)16-26(20-6-3-2-4-7-20)31(28,29)15-5-13-25-14-12-22(23,24)17-25;1-24-18(21)16-10-8-15(9-11-16)14-20(17-6-3-2-4-7-17)25(22,23)13-5-12-19;5-4(6)1-2-7-3-4;/h2-4,6-11H,5,12-17H2,1H3;2-4,6-11H,5,12-14H2,1H3;7H,1-3H2;1H. The van der Waals surface area contributed by atoms with Gasteiger partial charge in [-0.15, -0.1) is 24.0 Å². The van der Waals surface area contributed by atoms with E-state index in [4.69, 9.17) is 11.6 Å². The van der Waals surface area contributed by atoms with Crippen molar-refractivity contribution in [3.8, 4) is 0 Å². The minimum absolute atomic E-state index is 0. The number of sulfonamides is 2. The Morgan fingerprint density at radius 2 is 1.11 bits per heavy atom. The average molecular weight is 978 g/mol. The van der Waals surface area contributed by atoms with Crippen molar-refractivity contribution in [2.75, 3.05) is 72.9 Å². The molecule has 0 unspecified atom stereocenters. The van der Waals surface area contributed by atoms with Gasteiger partial charge in [0.25, 0.3) is 11.8 Å². The van der Waals surface area contributed by atoms with Crippen molar-refractivity contribution in [2.24, 2.45) is 0 Å². The molecule has 2 aliphatic rings. The molecule has 4 aromatic rings. The molecule has 352 valence electrons. The van der Waals surface area contributed by atoms with Crippen LogP contribution in [-0.4, -0.2) is 110 Å². The van der Waals surface area contributed by atoms with Crippen LogP contribution in [0, 0.1) is 0 Å². The number of benzene rings is 4. The second-order valence-corrected chi connectivity index (χ2v) is 19.2. The predicted molar refractivity (Wildman–Crippen MR) is 244 cm³/mol. The largest absolute Gasteiger partial charge is 0.465 e. The summed E-state index contributed by atoms with van der Waals surface area (Å²) in [5, 5.41) is 2.56. The van der Waals surface area contributed by atoms with E-state index < -0.39 is 43.8 Å². The van der Waals surface area contributed by atoms with Crippen LogP contribution in [0.25, 0.3) is 0 Å². The molecule has 1 N–H and O–H groups in total. The zero-order chi connectivity index (χ0) is 46.1. The summed E-state index contributed by atoms with van der Waals surface area (Å²) in [6.07, 6.45) is 0.474. The summed E-state index contributed by atoms with van der Waals surface area (Å²) in [4.78, 5) is 24.7. The number of hydrogen-bond acceptors (Lipinski definition) is 10. The number of carbonyl (C=O) groups is 2. The fourth-order valence-corrected chi connectivity index (χ4v) is 9.82. The number of rotatable bonds is 17. The number of methoxy groups -OCH3 is 2. The number of nitrogens with zero attached hydrogens (tertiary/aromatic N) is 3. The molecule has 0 aromatic heterocycles. The van der Waals surface area contributed by atoms with E-state index in [1.807, 2.05) is 6.07 Å². The molecule has 20 heteroatoms. The number of halogens is 6. The van der Waals surface area contributed by atoms with Crippen LogP contribution >= 0.6 is 24.0 Å². The van der Waals surface area contributed by atoms with Gasteiger partial charge < -0.3 is 14.8 Å². The zero-order valence-electron chi connectivity index (χ0n) is 35.5. The van der Waals surface area contributed by atoms with Crippen molar-refractivity contribution in [1.29, 1.82) is 0 Å². The van der Waals surface area contributed by atoms with E-state index in [0.29, 0.717) is 47.6 Å². The molecule has 0 amide bonds. The molecule has 0 atom stereocenters. The van der Waals surface area contributed by atoms with Gasteiger partial charge in [-0.2, -0.15) is 0 Å². The van der Waals surface area contributed by atoms with Gasteiger partial charge in [0.2, 0.25) is 20.0 Å². The van der Waals surface area contributed by atoms with Gasteiger partial charge >= 0.3 is 11.9 Å². The van der Waals surface area contributed by atoms with E-state index >= 15 is 0 Å². The van der Waals surface area contributed by atoms with Crippen LogP contribution in [0.15, 0.2) is 109 Å². The highest BCUT2D eigenvalue weighted by molar-refractivity contribution is 7.93. The lowest BCUT2D eigenvalue weighted by atomic mass is 10.1. The molecule has 2 aliphatic heterocycles. The normalized spacial score (nSPS) is 15.3. The van der Waals surface area contributed by atoms with Crippen molar-refractivity contribution in [1.82, 2.24) is 10.2 Å². The van der Waals surface area contributed by atoms with E-state index in [-0.39, 0.29) is 81.8 Å². The van der Waals surface area contributed by atoms with E-state index in [9.17, 15) is 44.0 Å². The predicted octanol–water partition coefficient (Wildman–Crippen LogP) is 8.02. The summed E-state index contributed by atoms with van der Waals surface area (Å²) in [6, 6.07) is 30.9. The molecular formula is C44H54Cl2F4N4O8S2. The lowest BCUT2D eigenvalue weighted by Gasteiger charge is -2.25. The van der Waals surface area contributed by atoms with Crippen LogP contribution in [0.2, 0.25) is 0 Å². The molecular weight excluding hydrogens is 924 g/mol. The summed E-state index contributed by atoms with van der Waals surface area (Å²) in [5.74, 6) is -5.88. The summed E-state index contributed by atoms with van der Waals surface area (Å²) >= 11 is 5.65. The van der Waals surface area contributed by atoms with Gasteiger partial charge in [0.05, 0.1) is 74.4 Å². The van der Waals surface area contributed by atoms with Crippen LogP contribution in [-0.2, 0) is 42.6 Å². The van der Waals surface area contributed by atoms with Crippen LogP contribution in [0.3, 0.4) is 0 Å². The number of hydrogen-bond donors (Lipinski definition) is 1. The number of nitrogens with one attached hydrogen (secondary N) is 1. The molecule has 64 heavy (non-hydrogen) atoms. The van der Waals surface area contributed by atoms with Gasteiger partial charge in [-0.1, -0.05) is 60.7 Å². The van der Waals surface area contributed by atoms with Crippen LogP contribution in [0.1, 0.15) is 57.5 Å². The monoisotopic (exact) mass is 976 g/mol. The molecule has 0 radical (unpaired) electrons. The summed E-state index contributed by atoms with van der Waals surface area (Å²) in [6.45, 7) is 0.876. The number of esters is 2. The number of alkyl halides is 5. The Morgan fingerprint density at radius 3 is 1.44 bits per heavy atom. The van der Waals surface area contributed by atoms with Gasteiger partial charge in [0.15, 0.2) is 0 Å². The lowest BCUT2D eigenvalue weighted by molar-refractivity contribution is 0.0122. The fourth-order valence-electron chi connectivity index (χ4n) is 6.51. The second-order valence-electron chi connectivity index (χ2n) is 14.8. The molecule has 2 saturated heterocycles. The highest BCUT2D eigenvalue weighted by Crippen LogP contribution is 2.28. The Kier molecular flexibility index (Phi) is 21.3. The summed E-state index contributed by atoms with van der Waals surface area (Å²) in [5.41, 5.74) is 3.39. The van der Waals surface area contributed by atoms with Gasteiger partial charge in [-0.3, -0.25) is 13.5 Å². The van der Waals surface area contributed by atoms with E-state index in [1.165, 1.54) is 22.8 Å². The molecule has 0 bridgehead atoms. The van der Waals surface area contributed by atoms with E-state index in [1.54, 1.807) is 108 Å². The molecule has 0 aliphatic carbocycles. The Hall–Kier alpha value is -4.46. The third kappa shape index (κ3) is 17.2. The molecule has 6 rings (SSSR count). The maximum absolute atomic E-state index is 13.4. The molecule has 4 aromatic carbocycles. The quantitative estimate of drug-likeness (QED) is 0.0628. The van der Waals surface area contributed by atoms with Crippen molar-refractivity contribution in [2.45, 2.75) is 50.6 Å². The Morgan fingerprint density at radius 1 is 0.672 bits per heavy atom. The topological polar surface area (TPSA) is 143 Å². The Balaban J connectivity index is 0.000000295. The molecule has 0 spiro atoms. The smallest absolute Gasteiger partial charge is 0.337 e. The maximum atomic E-state index is 13.4. The third-order valence-electron chi connectivity index (χ3n) is 9.87. The minimum Gasteiger partial charge on any atom is -0.465 e. The highest BCUT2D eigenvalue weighted by Gasteiger charge is 2.38. The maximum Gasteiger partial charge on any atom is 0.337 e. The van der Waals surface area contributed by atoms with E-state index in [0.717, 1.165) is 5.56 Å². The minimum atomic E-state index is -3.70. The van der Waals surface area contributed by atoms with Crippen LogP contribution in [0.5, 0.6) is 0 Å². The average Bonchev–Trinajstić information content (AvgIpc) is 3.86. The van der Waals surface area contributed by atoms with Crippen molar-refractivity contribution in [3.05, 3.63) is 131 Å².